The smallest absolute Gasteiger partial charge is 0.415 e. The van der Waals surface area contributed by atoms with Crippen molar-refractivity contribution in [3.8, 4) is 11.5 Å². The molecule has 153 valence electrons. The first-order valence-corrected chi connectivity index (χ1v) is 9.55. The van der Waals surface area contributed by atoms with Crippen LogP contribution >= 0.6 is 0 Å². The number of carbonyl (C=O) groups excluding carboxylic acids is 1. The lowest BCUT2D eigenvalue weighted by molar-refractivity contribution is -0.0893. The highest BCUT2D eigenvalue weighted by Crippen LogP contribution is 2.27. The topological polar surface area (TPSA) is 68.2 Å². The van der Waals surface area contributed by atoms with Crippen LogP contribution in [0.3, 0.4) is 0 Å². The Balaban J connectivity index is 1.55. The summed E-state index contributed by atoms with van der Waals surface area (Å²) in [6, 6.07) is 12.8. The van der Waals surface area contributed by atoms with E-state index in [1.807, 2.05) is 32.0 Å². The molecule has 0 saturated carbocycles. The van der Waals surface area contributed by atoms with E-state index in [9.17, 15) is 9.90 Å². The maximum atomic E-state index is 12.5. The Morgan fingerprint density at radius 2 is 1.62 bits per heavy atom. The fraction of sp³-hybridized carbons (Fsp3) is 0.409. The fourth-order valence-electron chi connectivity index (χ4n) is 2.77. The number of carbonyl (C=O) groups is 1. The van der Waals surface area contributed by atoms with Gasteiger partial charge in [0.2, 0.25) is 0 Å². The maximum Gasteiger partial charge on any atom is 0.415 e. The summed E-state index contributed by atoms with van der Waals surface area (Å²) >= 11 is 0. The van der Waals surface area contributed by atoms with E-state index in [1.165, 1.54) is 0 Å². The first-order valence-electron chi connectivity index (χ1n) is 9.55. The van der Waals surface area contributed by atoms with E-state index in [4.69, 9.17) is 14.1 Å². The van der Waals surface area contributed by atoms with Crippen molar-refractivity contribution in [2.45, 2.75) is 52.0 Å². The summed E-state index contributed by atoms with van der Waals surface area (Å²) in [6.07, 6.45) is -0.392. The Hall–Kier alpha value is -2.51. The van der Waals surface area contributed by atoms with Crippen LogP contribution in [0.15, 0.2) is 42.5 Å². The number of benzene rings is 2. The van der Waals surface area contributed by atoms with Crippen molar-refractivity contribution in [2.75, 3.05) is 7.11 Å². The molecular weight excluding hydrogens is 369 g/mol. The average molecular weight is 396 g/mol. The summed E-state index contributed by atoms with van der Waals surface area (Å²) in [5.41, 5.74) is 1.24. The molecule has 6 nitrogen and oxygen atoms in total. The number of methoxy groups -OCH3 is 1. The van der Waals surface area contributed by atoms with E-state index in [0.29, 0.717) is 18.8 Å². The summed E-state index contributed by atoms with van der Waals surface area (Å²) in [7, 11) is 3.22. The molecular formula is C22H27BNO5. The molecule has 1 aliphatic rings. The van der Waals surface area contributed by atoms with Crippen molar-refractivity contribution < 1.29 is 24.0 Å². The zero-order chi connectivity index (χ0) is 21.2. The van der Waals surface area contributed by atoms with Crippen LogP contribution in [0, 0.1) is 0 Å². The molecule has 1 amide bonds. The van der Waals surface area contributed by atoms with E-state index < -0.39 is 17.3 Å². The molecule has 0 bridgehead atoms. The number of hydrogen-bond donors (Lipinski definition) is 1. The third kappa shape index (κ3) is 4.92. The minimum Gasteiger partial charge on any atom is -0.497 e. The van der Waals surface area contributed by atoms with Crippen LogP contribution in [-0.2, 0) is 17.7 Å². The summed E-state index contributed by atoms with van der Waals surface area (Å²) in [4.78, 5) is 14.2. The van der Waals surface area contributed by atoms with Gasteiger partial charge in [-0.15, -0.1) is 0 Å². The first-order chi connectivity index (χ1) is 13.6. The van der Waals surface area contributed by atoms with Crippen molar-refractivity contribution in [1.29, 1.82) is 0 Å². The van der Waals surface area contributed by atoms with Crippen LogP contribution in [0.1, 0.15) is 38.8 Å². The van der Waals surface area contributed by atoms with Crippen LogP contribution in [0.4, 0.5) is 4.79 Å². The molecule has 1 aliphatic heterocycles. The van der Waals surface area contributed by atoms with Crippen LogP contribution in [-0.4, -0.2) is 41.9 Å². The van der Waals surface area contributed by atoms with Gasteiger partial charge in [0.1, 0.15) is 11.5 Å². The van der Waals surface area contributed by atoms with Crippen LogP contribution in [0.2, 0.25) is 0 Å². The average Bonchev–Trinajstić information content (AvgIpc) is 3.10. The molecule has 0 saturated heterocycles. The Morgan fingerprint density at radius 1 is 1.00 bits per heavy atom. The van der Waals surface area contributed by atoms with Gasteiger partial charge in [-0.05, 0) is 63.1 Å². The lowest BCUT2D eigenvalue weighted by Gasteiger charge is -2.37. The minimum absolute atomic E-state index is 0.392. The molecule has 0 spiro atoms. The molecule has 29 heavy (non-hydrogen) atoms. The third-order valence-electron chi connectivity index (χ3n) is 5.44. The predicted octanol–water partition coefficient (Wildman–Crippen LogP) is 3.02. The summed E-state index contributed by atoms with van der Waals surface area (Å²) < 4.78 is 16.5. The quantitative estimate of drug-likeness (QED) is 0.761. The Kier molecular flexibility index (Phi) is 5.91. The second-order valence-electron chi connectivity index (χ2n) is 8.23. The molecule has 0 fully saturated rings. The molecule has 1 radical (unpaired) electrons. The summed E-state index contributed by atoms with van der Waals surface area (Å²) in [6.45, 7) is 8.07. The van der Waals surface area contributed by atoms with Gasteiger partial charge in [0.05, 0.1) is 18.3 Å². The number of aliphatic hydroxyl groups is 1. The van der Waals surface area contributed by atoms with Crippen molar-refractivity contribution >= 4 is 19.0 Å². The number of amides is 1. The lowest BCUT2D eigenvalue weighted by atomic mass is 9.82. The van der Waals surface area contributed by atoms with Gasteiger partial charge >= 0.3 is 13.6 Å². The second kappa shape index (κ2) is 8.09. The number of ether oxygens (including phenoxy) is 2. The molecule has 7 heteroatoms. The number of rotatable bonds is 6. The van der Waals surface area contributed by atoms with Crippen molar-refractivity contribution in [1.82, 2.24) is 4.90 Å². The maximum absolute atomic E-state index is 12.5. The van der Waals surface area contributed by atoms with Crippen molar-refractivity contribution in [3.05, 3.63) is 53.6 Å². The Labute approximate surface area is 172 Å². The zero-order valence-electron chi connectivity index (χ0n) is 17.6. The molecule has 2 aromatic carbocycles. The second-order valence-corrected chi connectivity index (χ2v) is 8.23. The molecule has 0 aromatic heterocycles. The minimum atomic E-state index is -0.990. The van der Waals surface area contributed by atoms with Gasteiger partial charge in [-0.3, -0.25) is 4.90 Å². The fourth-order valence-corrected chi connectivity index (χ4v) is 2.77. The zero-order valence-corrected chi connectivity index (χ0v) is 17.6. The Morgan fingerprint density at radius 3 is 2.24 bits per heavy atom. The van der Waals surface area contributed by atoms with Crippen LogP contribution < -0.4 is 14.9 Å². The van der Waals surface area contributed by atoms with Crippen molar-refractivity contribution in [2.24, 2.45) is 0 Å². The molecule has 3 rings (SSSR count). The number of fused-ring (bicyclic) bond motifs is 1. The highest BCUT2D eigenvalue weighted by atomic mass is 16.6. The highest BCUT2D eigenvalue weighted by Gasteiger charge is 2.35. The highest BCUT2D eigenvalue weighted by molar-refractivity contribution is 6.47. The van der Waals surface area contributed by atoms with E-state index in [0.717, 1.165) is 22.3 Å². The van der Waals surface area contributed by atoms with Crippen LogP contribution in [0.25, 0.3) is 0 Å². The normalized spacial score (nSPS) is 13.8. The summed E-state index contributed by atoms with van der Waals surface area (Å²) in [5.74, 6) is 1.24. The van der Waals surface area contributed by atoms with Gasteiger partial charge < -0.3 is 19.2 Å². The molecule has 2 aromatic rings. The van der Waals surface area contributed by atoms with Gasteiger partial charge in [-0.25, -0.2) is 4.79 Å². The number of nitrogens with zero attached hydrogens (tertiary/aromatic N) is 1. The molecule has 1 heterocycles. The van der Waals surface area contributed by atoms with Gasteiger partial charge in [0, 0.05) is 13.1 Å². The SMILES string of the molecule is COc1ccc2c(c1)CN(C(=O)Oc1ccc([B]OC(C)(C)C(C)(C)O)cc1)C2. The van der Waals surface area contributed by atoms with E-state index in [-0.39, 0.29) is 0 Å². The molecule has 0 unspecified atom stereocenters. The van der Waals surface area contributed by atoms with E-state index >= 15 is 0 Å². The van der Waals surface area contributed by atoms with Gasteiger partial charge in [-0.2, -0.15) is 0 Å². The summed E-state index contributed by atoms with van der Waals surface area (Å²) in [5, 5.41) is 10.2. The van der Waals surface area contributed by atoms with Crippen molar-refractivity contribution in [3.63, 3.8) is 0 Å². The molecule has 1 N–H and O–H groups in total. The van der Waals surface area contributed by atoms with Gasteiger partial charge in [0.15, 0.2) is 0 Å². The van der Waals surface area contributed by atoms with E-state index in [2.05, 4.69) is 0 Å². The van der Waals surface area contributed by atoms with Gasteiger partial charge in [0.25, 0.3) is 0 Å². The lowest BCUT2D eigenvalue weighted by Crippen LogP contribution is -2.49. The van der Waals surface area contributed by atoms with Crippen LogP contribution in [0.5, 0.6) is 11.5 Å². The third-order valence-corrected chi connectivity index (χ3v) is 5.44. The van der Waals surface area contributed by atoms with Gasteiger partial charge in [-0.1, -0.05) is 23.7 Å². The standard InChI is InChI=1S/C22H27BNO5/c1-21(2,26)22(3,4)29-23-17-7-10-18(11-8-17)28-20(25)24-13-15-6-9-19(27-5)12-16(15)14-24/h6-12,26H,13-14H2,1-5H3. The molecule has 0 atom stereocenters. The molecule has 0 aliphatic carbocycles. The predicted molar refractivity (Wildman–Crippen MR) is 112 cm³/mol. The van der Waals surface area contributed by atoms with E-state index in [1.54, 1.807) is 57.6 Å². The number of hydrogen-bond acceptors (Lipinski definition) is 5. The largest absolute Gasteiger partial charge is 0.497 e. The monoisotopic (exact) mass is 396 g/mol. The first kappa shape index (κ1) is 21.2. The Bertz CT molecular complexity index is 874.